The van der Waals surface area contributed by atoms with E-state index >= 15 is 0 Å². The van der Waals surface area contributed by atoms with Crippen molar-refractivity contribution in [2.24, 2.45) is 11.0 Å². The van der Waals surface area contributed by atoms with Crippen LogP contribution < -0.4 is 5.43 Å². The van der Waals surface area contributed by atoms with Crippen LogP contribution in [0.1, 0.15) is 31.7 Å². The van der Waals surface area contributed by atoms with E-state index in [-0.39, 0.29) is 5.91 Å². The molecule has 0 atom stereocenters. The third-order valence-electron chi connectivity index (χ3n) is 3.80. The lowest BCUT2D eigenvalue weighted by molar-refractivity contribution is -0.121. The molecule has 1 aromatic carbocycles. The zero-order chi connectivity index (χ0) is 15.1. The molecule has 1 aromatic rings. The van der Waals surface area contributed by atoms with Crippen molar-refractivity contribution in [2.45, 2.75) is 26.2 Å². The molecule has 0 saturated carbocycles. The van der Waals surface area contributed by atoms with Crippen molar-refractivity contribution < 1.29 is 4.79 Å². The van der Waals surface area contributed by atoms with E-state index in [0.717, 1.165) is 35.6 Å². The summed E-state index contributed by atoms with van der Waals surface area (Å²) >= 11 is 3.38. The van der Waals surface area contributed by atoms with Crippen molar-refractivity contribution >= 4 is 28.1 Å². The van der Waals surface area contributed by atoms with E-state index in [0.29, 0.717) is 6.42 Å². The Morgan fingerprint density at radius 2 is 2.05 bits per heavy atom. The van der Waals surface area contributed by atoms with Gasteiger partial charge in [-0.15, -0.1) is 0 Å². The number of rotatable bonds is 5. The summed E-state index contributed by atoms with van der Waals surface area (Å²) in [7, 11) is 0. The van der Waals surface area contributed by atoms with E-state index < -0.39 is 0 Å². The summed E-state index contributed by atoms with van der Waals surface area (Å²) in [6.07, 6.45) is 4.64. The molecule has 5 heteroatoms. The number of carbonyl (C=O) groups is 1. The molecule has 1 aliphatic rings. The van der Waals surface area contributed by atoms with Gasteiger partial charge in [0.15, 0.2) is 0 Å². The number of hydrogen-bond acceptors (Lipinski definition) is 3. The second-order valence-corrected chi connectivity index (χ2v) is 6.53. The van der Waals surface area contributed by atoms with Gasteiger partial charge in [0.1, 0.15) is 0 Å². The van der Waals surface area contributed by atoms with Gasteiger partial charge in [-0.05, 0) is 49.5 Å². The van der Waals surface area contributed by atoms with E-state index in [1.54, 1.807) is 6.21 Å². The van der Waals surface area contributed by atoms with Crippen LogP contribution in [-0.4, -0.2) is 36.7 Å². The largest absolute Gasteiger partial charge is 0.303 e. The molecule has 1 fully saturated rings. The molecular weight excluding hydrogens is 330 g/mol. The number of hydrogen-bond donors (Lipinski definition) is 1. The van der Waals surface area contributed by atoms with Crippen LogP contribution in [0.4, 0.5) is 0 Å². The Labute approximate surface area is 134 Å². The topological polar surface area (TPSA) is 44.7 Å². The van der Waals surface area contributed by atoms with Crippen molar-refractivity contribution in [2.75, 3.05) is 19.6 Å². The van der Waals surface area contributed by atoms with Crippen LogP contribution in [0.3, 0.4) is 0 Å². The van der Waals surface area contributed by atoms with Gasteiger partial charge in [-0.2, -0.15) is 5.10 Å². The molecule has 114 valence electrons. The highest BCUT2D eigenvalue weighted by Gasteiger charge is 2.15. The first-order chi connectivity index (χ1) is 10.1. The van der Waals surface area contributed by atoms with Crippen LogP contribution >= 0.6 is 15.9 Å². The standard InChI is InChI=1S/C16H22BrN3O/c1-13-6-9-20(10-7-13)11-8-16(21)19-18-12-14-2-4-15(17)5-3-14/h2-5,12-13H,6-11H2,1H3,(H,19,21)/b18-12+. The summed E-state index contributed by atoms with van der Waals surface area (Å²) in [5, 5.41) is 3.99. The van der Waals surface area contributed by atoms with Gasteiger partial charge in [0.2, 0.25) is 5.91 Å². The quantitative estimate of drug-likeness (QED) is 0.654. The molecule has 1 saturated heterocycles. The lowest BCUT2D eigenvalue weighted by Gasteiger charge is -2.29. The minimum Gasteiger partial charge on any atom is -0.303 e. The summed E-state index contributed by atoms with van der Waals surface area (Å²) in [6, 6.07) is 7.77. The average Bonchev–Trinajstić information content (AvgIpc) is 2.49. The molecule has 21 heavy (non-hydrogen) atoms. The van der Waals surface area contributed by atoms with Gasteiger partial charge in [-0.1, -0.05) is 35.0 Å². The fourth-order valence-electron chi connectivity index (χ4n) is 2.33. The summed E-state index contributed by atoms with van der Waals surface area (Å²) in [5.41, 5.74) is 3.55. The molecule has 0 unspecified atom stereocenters. The molecule has 4 nitrogen and oxygen atoms in total. The van der Waals surface area contributed by atoms with Crippen molar-refractivity contribution in [3.63, 3.8) is 0 Å². The van der Waals surface area contributed by atoms with Crippen molar-refractivity contribution in [1.82, 2.24) is 10.3 Å². The SMILES string of the molecule is CC1CCN(CCC(=O)N/N=C/c2ccc(Br)cc2)CC1. The first-order valence-electron chi connectivity index (χ1n) is 7.43. The molecule has 1 amide bonds. The smallest absolute Gasteiger partial charge is 0.241 e. The normalized spacial score (nSPS) is 17.2. The Hall–Kier alpha value is -1.20. The van der Waals surface area contributed by atoms with Gasteiger partial charge < -0.3 is 4.90 Å². The molecule has 2 rings (SSSR count). The van der Waals surface area contributed by atoms with Crippen LogP contribution in [0, 0.1) is 5.92 Å². The Morgan fingerprint density at radius 3 is 2.71 bits per heavy atom. The second kappa shape index (κ2) is 8.29. The minimum atomic E-state index is -0.0259. The lowest BCUT2D eigenvalue weighted by atomic mass is 9.99. The zero-order valence-electron chi connectivity index (χ0n) is 12.4. The number of halogens is 1. The fourth-order valence-corrected chi connectivity index (χ4v) is 2.59. The zero-order valence-corrected chi connectivity index (χ0v) is 14.0. The Kier molecular flexibility index (Phi) is 6.39. The van der Waals surface area contributed by atoms with Gasteiger partial charge in [-0.25, -0.2) is 5.43 Å². The molecular formula is C16H22BrN3O. The maximum absolute atomic E-state index is 11.7. The first kappa shape index (κ1) is 16.2. The molecule has 0 radical (unpaired) electrons. The average molecular weight is 352 g/mol. The van der Waals surface area contributed by atoms with Gasteiger partial charge in [0, 0.05) is 17.4 Å². The van der Waals surface area contributed by atoms with Crippen molar-refractivity contribution in [1.29, 1.82) is 0 Å². The molecule has 0 bridgehead atoms. The molecule has 0 aromatic heterocycles. The van der Waals surface area contributed by atoms with E-state index in [9.17, 15) is 4.79 Å². The molecule has 1 heterocycles. The second-order valence-electron chi connectivity index (χ2n) is 5.62. The highest BCUT2D eigenvalue weighted by atomic mass is 79.9. The van der Waals surface area contributed by atoms with Crippen LogP contribution in [0.5, 0.6) is 0 Å². The molecule has 0 spiro atoms. The third-order valence-corrected chi connectivity index (χ3v) is 4.33. The number of likely N-dealkylation sites (tertiary alicyclic amines) is 1. The maximum atomic E-state index is 11.7. The third kappa shape index (κ3) is 5.98. The Morgan fingerprint density at radius 1 is 1.38 bits per heavy atom. The first-order valence-corrected chi connectivity index (χ1v) is 8.22. The number of benzene rings is 1. The number of carbonyl (C=O) groups excluding carboxylic acids is 1. The van der Waals surface area contributed by atoms with E-state index in [1.165, 1.54) is 12.8 Å². The van der Waals surface area contributed by atoms with Gasteiger partial charge >= 0.3 is 0 Å². The van der Waals surface area contributed by atoms with Gasteiger partial charge in [-0.3, -0.25) is 4.79 Å². The van der Waals surface area contributed by atoms with Crippen LogP contribution in [-0.2, 0) is 4.79 Å². The highest BCUT2D eigenvalue weighted by molar-refractivity contribution is 9.10. The van der Waals surface area contributed by atoms with E-state index in [2.05, 4.69) is 38.3 Å². The number of nitrogens with one attached hydrogen (secondary N) is 1. The maximum Gasteiger partial charge on any atom is 0.241 e. The van der Waals surface area contributed by atoms with Crippen LogP contribution in [0.15, 0.2) is 33.8 Å². The molecule has 1 N–H and O–H groups in total. The summed E-state index contributed by atoms with van der Waals surface area (Å²) in [4.78, 5) is 14.1. The predicted molar refractivity (Wildman–Crippen MR) is 89.3 cm³/mol. The summed E-state index contributed by atoms with van der Waals surface area (Å²) in [5.74, 6) is 0.799. The lowest BCUT2D eigenvalue weighted by Crippen LogP contribution is -2.35. The van der Waals surface area contributed by atoms with E-state index in [4.69, 9.17) is 0 Å². The summed E-state index contributed by atoms with van der Waals surface area (Å²) < 4.78 is 1.03. The number of amides is 1. The Balaban J connectivity index is 1.66. The Bertz CT molecular complexity index is 479. The van der Waals surface area contributed by atoms with Crippen molar-refractivity contribution in [3.8, 4) is 0 Å². The highest BCUT2D eigenvalue weighted by Crippen LogP contribution is 2.15. The predicted octanol–water partition coefficient (Wildman–Crippen LogP) is 3.02. The minimum absolute atomic E-state index is 0.0259. The number of piperidine rings is 1. The molecule has 1 aliphatic heterocycles. The number of hydrazone groups is 1. The fraction of sp³-hybridized carbons (Fsp3) is 0.500. The van der Waals surface area contributed by atoms with Crippen LogP contribution in [0.25, 0.3) is 0 Å². The van der Waals surface area contributed by atoms with E-state index in [1.807, 2.05) is 24.3 Å². The van der Waals surface area contributed by atoms with Gasteiger partial charge in [0.05, 0.1) is 6.21 Å². The van der Waals surface area contributed by atoms with Crippen LogP contribution in [0.2, 0.25) is 0 Å². The molecule has 0 aliphatic carbocycles. The number of nitrogens with zero attached hydrogens (tertiary/aromatic N) is 2. The van der Waals surface area contributed by atoms with Crippen molar-refractivity contribution in [3.05, 3.63) is 34.3 Å². The van der Waals surface area contributed by atoms with Gasteiger partial charge in [0.25, 0.3) is 0 Å². The summed E-state index contributed by atoms with van der Waals surface area (Å²) in [6.45, 7) is 5.33. The monoisotopic (exact) mass is 351 g/mol.